The first kappa shape index (κ1) is 18.8. The number of sulfonamides is 1. The van der Waals surface area contributed by atoms with Crippen molar-refractivity contribution in [2.75, 3.05) is 26.0 Å². The molecule has 7 nitrogen and oxygen atoms in total. The van der Waals surface area contributed by atoms with Gasteiger partial charge in [0.1, 0.15) is 16.4 Å². The summed E-state index contributed by atoms with van der Waals surface area (Å²) in [7, 11) is -0.846. The van der Waals surface area contributed by atoms with E-state index in [2.05, 4.69) is 5.32 Å². The van der Waals surface area contributed by atoms with Gasteiger partial charge in [-0.05, 0) is 43.3 Å². The van der Waals surface area contributed by atoms with E-state index >= 15 is 0 Å². The van der Waals surface area contributed by atoms with Gasteiger partial charge >= 0.3 is 0 Å². The smallest absolute Gasteiger partial charge is 0.248 e. The summed E-state index contributed by atoms with van der Waals surface area (Å²) in [5.74, 6) is 0.367. The van der Waals surface area contributed by atoms with Crippen LogP contribution < -0.4 is 10.1 Å². The second kappa shape index (κ2) is 8.00. The topological polar surface area (TPSA) is 88.8 Å². The van der Waals surface area contributed by atoms with Crippen LogP contribution in [0, 0.1) is 0 Å². The number of furan rings is 1. The zero-order chi connectivity index (χ0) is 18.4. The fraction of sp³-hybridized carbons (Fsp3) is 0.235. The maximum atomic E-state index is 12.5. The summed E-state index contributed by atoms with van der Waals surface area (Å²) in [6, 6.07) is 7.90. The molecule has 1 aromatic carbocycles. The summed E-state index contributed by atoms with van der Waals surface area (Å²) in [5.41, 5.74) is 0.345. The predicted molar refractivity (Wildman–Crippen MR) is 94.9 cm³/mol. The molecular weight excluding hydrogens is 344 g/mol. The zero-order valence-electron chi connectivity index (χ0n) is 14.2. The summed E-state index contributed by atoms with van der Waals surface area (Å²) in [6.07, 6.45) is 4.32. The monoisotopic (exact) mass is 364 g/mol. The summed E-state index contributed by atoms with van der Waals surface area (Å²) >= 11 is 0. The van der Waals surface area contributed by atoms with Crippen molar-refractivity contribution in [2.24, 2.45) is 0 Å². The molecule has 0 saturated carbocycles. The molecule has 2 aromatic rings. The van der Waals surface area contributed by atoms with Crippen LogP contribution in [0.25, 0.3) is 6.08 Å². The lowest BCUT2D eigenvalue weighted by Crippen LogP contribution is -2.23. The third kappa shape index (κ3) is 4.71. The molecule has 8 heteroatoms. The SMILES string of the molecule is CCOc1ccc(NC(=O)/C=C/c2ccco2)cc1S(=O)(=O)N(C)C. The molecule has 0 fully saturated rings. The number of carbonyl (C=O) groups excluding carboxylic acids is 1. The lowest BCUT2D eigenvalue weighted by Gasteiger charge is -2.16. The number of nitrogens with zero attached hydrogens (tertiary/aromatic N) is 1. The number of anilines is 1. The minimum absolute atomic E-state index is 0.00726. The maximum Gasteiger partial charge on any atom is 0.248 e. The lowest BCUT2D eigenvalue weighted by molar-refractivity contribution is -0.111. The fourth-order valence-electron chi connectivity index (χ4n) is 1.99. The molecule has 1 N–H and O–H groups in total. The fourth-order valence-corrected chi connectivity index (χ4v) is 3.04. The van der Waals surface area contributed by atoms with Crippen LogP contribution in [0.4, 0.5) is 5.69 Å². The molecule has 0 bridgehead atoms. The molecule has 2 rings (SSSR count). The number of hydrogen-bond acceptors (Lipinski definition) is 5. The van der Waals surface area contributed by atoms with Gasteiger partial charge < -0.3 is 14.5 Å². The van der Waals surface area contributed by atoms with Gasteiger partial charge in [0.2, 0.25) is 15.9 Å². The Bertz CT molecular complexity index is 855. The van der Waals surface area contributed by atoms with Gasteiger partial charge in [-0.2, -0.15) is 0 Å². The Labute approximate surface area is 146 Å². The highest BCUT2D eigenvalue weighted by atomic mass is 32.2. The maximum absolute atomic E-state index is 12.5. The molecular formula is C17H20N2O5S. The van der Waals surface area contributed by atoms with Crippen LogP contribution in [0.1, 0.15) is 12.7 Å². The van der Waals surface area contributed by atoms with Gasteiger partial charge in [-0.3, -0.25) is 4.79 Å². The largest absolute Gasteiger partial charge is 0.492 e. The Morgan fingerprint density at radius 1 is 1.32 bits per heavy atom. The molecule has 0 aliphatic carbocycles. The second-order valence-electron chi connectivity index (χ2n) is 5.22. The van der Waals surface area contributed by atoms with E-state index in [0.29, 0.717) is 18.1 Å². The lowest BCUT2D eigenvalue weighted by atomic mass is 10.3. The molecule has 0 saturated heterocycles. The minimum atomic E-state index is -3.71. The molecule has 0 aliphatic rings. The Hall–Kier alpha value is -2.58. The third-order valence-corrected chi connectivity index (χ3v) is 5.05. The van der Waals surface area contributed by atoms with Gasteiger partial charge in [0.05, 0.1) is 12.9 Å². The molecule has 1 heterocycles. The molecule has 134 valence electrons. The van der Waals surface area contributed by atoms with E-state index < -0.39 is 15.9 Å². The number of nitrogens with one attached hydrogen (secondary N) is 1. The Balaban J connectivity index is 2.26. The van der Waals surface area contributed by atoms with E-state index in [1.165, 1.54) is 44.6 Å². The summed E-state index contributed by atoms with van der Waals surface area (Å²) in [4.78, 5) is 12.0. The summed E-state index contributed by atoms with van der Waals surface area (Å²) < 4.78 is 36.5. The van der Waals surface area contributed by atoms with E-state index in [9.17, 15) is 13.2 Å². The van der Waals surface area contributed by atoms with Gasteiger partial charge in [0.15, 0.2) is 0 Å². The van der Waals surface area contributed by atoms with E-state index in [0.717, 1.165) is 4.31 Å². The van der Waals surface area contributed by atoms with Crippen molar-refractivity contribution in [3.05, 3.63) is 48.4 Å². The van der Waals surface area contributed by atoms with Crippen LogP contribution in [-0.2, 0) is 14.8 Å². The minimum Gasteiger partial charge on any atom is -0.492 e. The van der Waals surface area contributed by atoms with Crippen molar-refractivity contribution in [3.8, 4) is 5.75 Å². The number of rotatable bonds is 7. The highest BCUT2D eigenvalue weighted by Gasteiger charge is 2.23. The highest BCUT2D eigenvalue weighted by Crippen LogP contribution is 2.29. The summed E-state index contributed by atoms with van der Waals surface area (Å²) in [6.45, 7) is 2.09. The molecule has 0 unspecified atom stereocenters. The van der Waals surface area contributed by atoms with E-state index in [-0.39, 0.29) is 10.6 Å². The number of benzene rings is 1. The number of ether oxygens (including phenoxy) is 1. The van der Waals surface area contributed by atoms with Gasteiger partial charge in [-0.15, -0.1) is 0 Å². The Kier molecular flexibility index (Phi) is 6.00. The zero-order valence-corrected chi connectivity index (χ0v) is 15.0. The quantitative estimate of drug-likeness (QED) is 0.763. The average Bonchev–Trinajstić information content (AvgIpc) is 3.08. The van der Waals surface area contributed by atoms with Crippen molar-refractivity contribution >= 4 is 27.7 Å². The van der Waals surface area contributed by atoms with Crippen LogP contribution in [0.15, 0.2) is 52.0 Å². The van der Waals surface area contributed by atoms with Crippen LogP contribution in [0.3, 0.4) is 0 Å². The van der Waals surface area contributed by atoms with Crippen LogP contribution >= 0.6 is 0 Å². The second-order valence-corrected chi connectivity index (χ2v) is 7.34. The normalized spacial score (nSPS) is 11.8. The van der Waals surface area contributed by atoms with Gasteiger partial charge in [-0.1, -0.05) is 0 Å². The summed E-state index contributed by atoms with van der Waals surface area (Å²) in [5, 5.41) is 2.62. The molecule has 0 aliphatic heterocycles. The average molecular weight is 364 g/mol. The molecule has 25 heavy (non-hydrogen) atoms. The van der Waals surface area contributed by atoms with E-state index in [4.69, 9.17) is 9.15 Å². The standard InChI is InChI=1S/C17H20N2O5S/c1-4-23-15-9-7-13(12-16(15)25(21,22)19(2)3)18-17(20)10-8-14-6-5-11-24-14/h5-12H,4H2,1-3H3,(H,18,20)/b10-8+. The number of hydrogen-bond donors (Lipinski definition) is 1. The number of carbonyl (C=O) groups is 1. The first-order chi connectivity index (χ1) is 11.8. The van der Waals surface area contributed by atoms with Crippen molar-refractivity contribution in [2.45, 2.75) is 11.8 Å². The molecule has 1 amide bonds. The van der Waals surface area contributed by atoms with E-state index in [1.807, 2.05) is 0 Å². The third-order valence-electron chi connectivity index (χ3n) is 3.21. The highest BCUT2D eigenvalue weighted by molar-refractivity contribution is 7.89. The van der Waals surface area contributed by atoms with Gasteiger partial charge in [0.25, 0.3) is 0 Å². The first-order valence-corrected chi connectivity index (χ1v) is 9.00. The van der Waals surface area contributed by atoms with Gasteiger partial charge in [0, 0.05) is 25.9 Å². The Morgan fingerprint density at radius 3 is 2.68 bits per heavy atom. The van der Waals surface area contributed by atoms with Crippen molar-refractivity contribution in [1.82, 2.24) is 4.31 Å². The van der Waals surface area contributed by atoms with Gasteiger partial charge in [-0.25, -0.2) is 12.7 Å². The predicted octanol–water partition coefficient (Wildman–Crippen LogP) is 2.58. The molecule has 0 atom stereocenters. The van der Waals surface area contributed by atoms with Crippen LogP contribution in [0.5, 0.6) is 5.75 Å². The first-order valence-electron chi connectivity index (χ1n) is 7.56. The van der Waals surface area contributed by atoms with E-state index in [1.54, 1.807) is 25.1 Å². The molecule has 0 spiro atoms. The Morgan fingerprint density at radius 2 is 2.08 bits per heavy atom. The van der Waals surface area contributed by atoms with Crippen molar-refractivity contribution < 1.29 is 22.4 Å². The molecule has 0 radical (unpaired) electrons. The van der Waals surface area contributed by atoms with Crippen LogP contribution in [0.2, 0.25) is 0 Å². The van der Waals surface area contributed by atoms with Crippen molar-refractivity contribution in [3.63, 3.8) is 0 Å². The molecule has 1 aromatic heterocycles. The van der Waals surface area contributed by atoms with Crippen LogP contribution in [-0.4, -0.2) is 39.3 Å². The van der Waals surface area contributed by atoms with Crippen molar-refractivity contribution in [1.29, 1.82) is 0 Å². The number of amides is 1.